The minimum absolute atomic E-state index is 0.174. The number of anilines is 1. The number of halogens is 3. The van der Waals surface area contributed by atoms with E-state index in [9.17, 15) is 18.0 Å². The van der Waals surface area contributed by atoms with Gasteiger partial charge in [0.05, 0.1) is 5.69 Å². The lowest BCUT2D eigenvalue weighted by atomic mass is 10.2. The molecule has 176 valence electrons. The molecule has 34 heavy (non-hydrogen) atoms. The van der Waals surface area contributed by atoms with E-state index in [4.69, 9.17) is 0 Å². The third-order valence-corrected chi connectivity index (χ3v) is 5.52. The largest absolute Gasteiger partial charge is 0.471 e. The summed E-state index contributed by atoms with van der Waals surface area (Å²) < 4.78 is 44.1. The molecule has 0 saturated carbocycles. The summed E-state index contributed by atoms with van der Waals surface area (Å²) in [4.78, 5) is 24.6. The number of piperazine rings is 1. The number of fused-ring (bicyclic) bond motifs is 1. The van der Waals surface area contributed by atoms with Crippen LogP contribution in [0.1, 0.15) is 11.6 Å². The molecule has 2 amide bonds. The maximum Gasteiger partial charge on any atom is 0.471 e. The predicted octanol–water partition coefficient (Wildman–Crippen LogP) is 3.75. The van der Waals surface area contributed by atoms with E-state index >= 15 is 0 Å². The molecule has 0 aliphatic carbocycles. The molecule has 1 aliphatic heterocycles. The lowest BCUT2D eigenvalue weighted by molar-refractivity contribution is -0.159. The first-order valence-electron chi connectivity index (χ1n) is 10.6. The highest BCUT2D eigenvalue weighted by molar-refractivity contribution is 5.89. The lowest BCUT2D eigenvalue weighted by Gasteiger charge is -2.34. The fourth-order valence-corrected chi connectivity index (χ4v) is 3.76. The summed E-state index contributed by atoms with van der Waals surface area (Å²) >= 11 is 0. The average Bonchev–Trinajstić information content (AvgIpc) is 3.47. The number of amides is 2. The third kappa shape index (κ3) is 4.71. The van der Waals surface area contributed by atoms with Gasteiger partial charge < -0.3 is 19.1 Å². The Morgan fingerprint density at radius 2 is 1.79 bits per heavy atom. The number of carbonyl (C=O) groups is 1. The molecular formula is C22H20F3N7O2. The quantitative estimate of drug-likeness (QED) is 0.488. The van der Waals surface area contributed by atoms with E-state index in [1.807, 2.05) is 35.0 Å². The topological polar surface area (TPSA) is 91.8 Å². The molecular weight excluding hydrogens is 451 g/mol. The molecule has 4 aromatic rings. The molecule has 0 bridgehead atoms. The molecule has 1 N–H and O–H groups in total. The summed E-state index contributed by atoms with van der Waals surface area (Å²) in [6.07, 6.45) is -0.727. The molecule has 0 radical (unpaired) electrons. The van der Waals surface area contributed by atoms with Crippen molar-refractivity contribution in [2.45, 2.75) is 12.7 Å². The van der Waals surface area contributed by atoms with Gasteiger partial charge >= 0.3 is 18.1 Å². The van der Waals surface area contributed by atoms with Crippen LogP contribution in [0.25, 0.3) is 17.0 Å². The number of imidazole rings is 1. The van der Waals surface area contributed by atoms with Gasteiger partial charge in [0.25, 0.3) is 0 Å². The van der Waals surface area contributed by atoms with Crippen LogP contribution in [0.2, 0.25) is 0 Å². The van der Waals surface area contributed by atoms with Gasteiger partial charge in [-0.25, -0.2) is 9.78 Å². The van der Waals surface area contributed by atoms with Crippen molar-refractivity contribution in [1.29, 1.82) is 0 Å². The summed E-state index contributed by atoms with van der Waals surface area (Å²) in [7, 11) is 0. The highest BCUT2D eigenvalue weighted by Crippen LogP contribution is 2.29. The van der Waals surface area contributed by atoms with Crippen molar-refractivity contribution in [3.05, 3.63) is 66.4 Å². The van der Waals surface area contributed by atoms with Gasteiger partial charge in [0, 0.05) is 56.4 Å². The summed E-state index contributed by atoms with van der Waals surface area (Å²) in [5, 5.41) is 6.16. The molecule has 1 fully saturated rings. The Hall–Kier alpha value is -3.93. The number of urea groups is 1. The van der Waals surface area contributed by atoms with E-state index < -0.39 is 12.1 Å². The number of nitrogens with zero attached hydrogens (tertiary/aromatic N) is 6. The average molecular weight is 471 g/mol. The van der Waals surface area contributed by atoms with Crippen molar-refractivity contribution in [3.8, 4) is 11.4 Å². The standard InChI is InChI=1S/C22H20F3N7O2/c23-22(24,25)20-28-19(29-34-20)15-4-6-16(7-5-15)27-21(33)31-11-9-30(10-12-31)13-17-14-32-8-2-1-3-18(32)26-17/h1-8,14H,9-13H2,(H,27,33). The second kappa shape index (κ2) is 8.78. The summed E-state index contributed by atoms with van der Waals surface area (Å²) in [5.41, 5.74) is 2.74. The van der Waals surface area contributed by atoms with Crippen molar-refractivity contribution >= 4 is 17.4 Å². The minimum Gasteiger partial charge on any atom is -0.329 e. The van der Waals surface area contributed by atoms with E-state index in [0.717, 1.165) is 24.4 Å². The number of rotatable bonds is 4. The summed E-state index contributed by atoms with van der Waals surface area (Å²) in [6, 6.07) is 11.8. The van der Waals surface area contributed by atoms with Crippen LogP contribution in [0.3, 0.4) is 0 Å². The van der Waals surface area contributed by atoms with Crippen molar-refractivity contribution < 1.29 is 22.5 Å². The Morgan fingerprint density at radius 3 is 2.47 bits per heavy atom. The smallest absolute Gasteiger partial charge is 0.329 e. The minimum atomic E-state index is -4.70. The highest BCUT2D eigenvalue weighted by Gasteiger charge is 2.38. The highest BCUT2D eigenvalue weighted by atomic mass is 19.4. The molecule has 1 aromatic carbocycles. The van der Waals surface area contributed by atoms with Crippen molar-refractivity contribution in [1.82, 2.24) is 29.3 Å². The predicted molar refractivity (Wildman–Crippen MR) is 116 cm³/mol. The second-order valence-electron chi connectivity index (χ2n) is 7.89. The molecule has 1 aliphatic rings. The monoisotopic (exact) mass is 471 g/mol. The summed E-state index contributed by atoms with van der Waals surface area (Å²) in [6.45, 7) is 3.30. The van der Waals surface area contributed by atoms with Crippen LogP contribution in [-0.4, -0.2) is 61.5 Å². The van der Waals surface area contributed by atoms with Gasteiger partial charge in [-0.2, -0.15) is 18.2 Å². The fourth-order valence-electron chi connectivity index (χ4n) is 3.76. The van der Waals surface area contributed by atoms with E-state index in [2.05, 4.69) is 29.9 Å². The number of hydrogen-bond acceptors (Lipinski definition) is 6. The number of nitrogens with one attached hydrogen (secondary N) is 1. The van der Waals surface area contributed by atoms with Crippen LogP contribution in [0.4, 0.5) is 23.7 Å². The Balaban J connectivity index is 1.13. The first kappa shape index (κ1) is 21.9. The number of aromatic nitrogens is 4. The maximum absolute atomic E-state index is 12.6. The molecule has 0 atom stereocenters. The first-order valence-corrected chi connectivity index (χ1v) is 10.6. The van der Waals surface area contributed by atoms with Crippen LogP contribution < -0.4 is 5.32 Å². The molecule has 5 rings (SSSR count). The number of hydrogen-bond donors (Lipinski definition) is 1. The van der Waals surface area contributed by atoms with Crippen molar-refractivity contribution in [2.75, 3.05) is 31.5 Å². The van der Waals surface area contributed by atoms with Gasteiger partial charge in [0.15, 0.2) is 0 Å². The molecule has 12 heteroatoms. The van der Waals surface area contributed by atoms with Crippen molar-refractivity contribution in [2.24, 2.45) is 0 Å². The first-order chi connectivity index (χ1) is 16.3. The Labute approximate surface area is 191 Å². The van der Waals surface area contributed by atoms with Gasteiger partial charge in [-0.15, -0.1) is 0 Å². The second-order valence-corrected chi connectivity index (χ2v) is 7.89. The molecule has 9 nitrogen and oxygen atoms in total. The van der Waals surface area contributed by atoms with Crippen LogP contribution in [0, 0.1) is 0 Å². The Morgan fingerprint density at radius 1 is 1.03 bits per heavy atom. The molecule has 1 saturated heterocycles. The molecule has 3 aromatic heterocycles. The zero-order valence-corrected chi connectivity index (χ0v) is 17.9. The van der Waals surface area contributed by atoms with Crippen molar-refractivity contribution in [3.63, 3.8) is 0 Å². The zero-order valence-electron chi connectivity index (χ0n) is 17.9. The van der Waals surface area contributed by atoms with E-state index in [0.29, 0.717) is 30.9 Å². The fraction of sp³-hybridized carbons (Fsp3) is 0.273. The molecule has 0 spiro atoms. The third-order valence-electron chi connectivity index (χ3n) is 5.52. The van der Waals surface area contributed by atoms with Crippen LogP contribution >= 0.6 is 0 Å². The Kier molecular flexibility index (Phi) is 5.65. The molecule has 0 unspecified atom stereocenters. The zero-order chi connectivity index (χ0) is 23.7. The summed E-state index contributed by atoms with van der Waals surface area (Å²) in [5.74, 6) is -1.58. The Bertz CT molecular complexity index is 1260. The number of benzene rings is 1. The number of alkyl halides is 3. The van der Waals surface area contributed by atoms with Gasteiger partial charge in [0.1, 0.15) is 5.65 Å². The maximum atomic E-state index is 12.6. The molecule has 4 heterocycles. The SMILES string of the molecule is O=C(Nc1ccc(-c2noc(C(F)(F)F)n2)cc1)N1CCN(Cc2cn3ccccc3n2)CC1. The van der Waals surface area contributed by atoms with Crippen LogP contribution in [0.5, 0.6) is 0 Å². The number of pyridine rings is 1. The van der Waals surface area contributed by atoms with Gasteiger partial charge in [0.2, 0.25) is 5.82 Å². The normalized spacial score (nSPS) is 15.1. The lowest BCUT2D eigenvalue weighted by Crippen LogP contribution is -2.49. The van der Waals surface area contributed by atoms with Gasteiger partial charge in [-0.3, -0.25) is 4.90 Å². The van der Waals surface area contributed by atoms with Gasteiger partial charge in [-0.05, 0) is 36.4 Å². The van der Waals surface area contributed by atoms with Crippen LogP contribution in [0.15, 0.2) is 59.4 Å². The van der Waals surface area contributed by atoms with Gasteiger partial charge in [-0.1, -0.05) is 11.2 Å². The van der Waals surface area contributed by atoms with E-state index in [1.54, 1.807) is 17.0 Å². The number of carbonyl (C=O) groups excluding carboxylic acids is 1. The van der Waals surface area contributed by atoms with E-state index in [-0.39, 0.29) is 11.9 Å². The van der Waals surface area contributed by atoms with Crippen LogP contribution in [-0.2, 0) is 12.7 Å². The van der Waals surface area contributed by atoms with E-state index in [1.165, 1.54) is 12.1 Å².